The SMILES string of the molecule is CCCC(C)(C)NS(=O)(=O)c1cccc2c1CCCN2. The van der Waals surface area contributed by atoms with E-state index in [0.717, 1.165) is 43.5 Å². The van der Waals surface area contributed by atoms with Crippen LogP contribution in [0.3, 0.4) is 0 Å². The second-order valence-corrected chi connectivity index (χ2v) is 7.70. The molecule has 1 aromatic carbocycles. The number of benzene rings is 1. The lowest BCUT2D eigenvalue weighted by Crippen LogP contribution is -2.43. The lowest BCUT2D eigenvalue weighted by molar-refractivity contribution is 0.417. The average molecular weight is 296 g/mol. The van der Waals surface area contributed by atoms with Gasteiger partial charge in [-0.05, 0) is 50.8 Å². The molecule has 20 heavy (non-hydrogen) atoms. The summed E-state index contributed by atoms with van der Waals surface area (Å²) in [6.07, 6.45) is 3.55. The van der Waals surface area contributed by atoms with Crippen molar-refractivity contribution in [3.8, 4) is 0 Å². The van der Waals surface area contributed by atoms with E-state index in [2.05, 4.69) is 17.0 Å². The highest BCUT2D eigenvalue weighted by Gasteiger charge is 2.28. The monoisotopic (exact) mass is 296 g/mol. The average Bonchev–Trinajstić information content (AvgIpc) is 2.36. The molecule has 0 saturated heterocycles. The Bertz CT molecular complexity index is 580. The van der Waals surface area contributed by atoms with Gasteiger partial charge in [-0.15, -0.1) is 0 Å². The molecule has 0 aromatic heterocycles. The predicted molar refractivity (Wildman–Crippen MR) is 82.6 cm³/mol. The Labute approximate surface area is 122 Å². The summed E-state index contributed by atoms with van der Waals surface area (Å²) >= 11 is 0. The largest absolute Gasteiger partial charge is 0.385 e. The minimum Gasteiger partial charge on any atom is -0.385 e. The lowest BCUT2D eigenvalue weighted by Gasteiger charge is -2.27. The van der Waals surface area contributed by atoms with Gasteiger partial charge in [0.25, 0.3) is 0 Å². The van der Waals surface area contributed by atoms with Crippen LogP contribution in [0.15, 0.2) is 23.1 Å². The first-order chi connectivity index (χ1) is 9.36. The molecular formula is C15H24N2O2S. The maximum Gasteiger partial charge on any atom is 0.241 e. The van der Waals surface area contributed by atoms with Gasteiger partial charge in [-0.2, -0.15) is 0 Å². The second-order valence-electron chi connectivity index (χ2n) is 6.05. The topological polar surface area (TPSA) is 58.2 Å². The molecule has 2 rings (SSSR count). The molecule has 4 nitrogen and oxygen atoms in total. The summed E-state index contributed by atoms with van der Waals surface area (Å²) < 4.78 is 28.2. The molecule has 1 heterocycles. The van der Waals surface area contributed by atoms with Gasteiger partial charge in [0.15, 0.2) is 0 Å². The lowest BCUT2D eigenvalue weighted by atomic mass is 10.0. The van der Waals surface area contributed by atoms with E-state index in [1.165, 1.54) is 0 Å². The van der Waals surface area contributed by atoms with Gasteiger partial charge in [0.2, 0.25) is 10.0 Å². The van der Waals surface area contributed by atoms with Crippen LogP contribution in [0.1, 0.15) is 45.6 Å². The zero-order valence-corrected chi connectivity index (χ0v) is 13.3. The standard InChI is InChI=1S/C15H24N2O2S/c1-4-10-15(2,3)17-20(18,19)14-9-5-8-13-12(14)7-6-11-16-13/h5,8-9,16-17H,4,6-7,10-11H2,1-3H3. The summed E-state index contributed by atoms with van der Waals surface area (Å²) in [7, 11) is -3.47. The Balaban J connectivity index is 2.35. The van der Waals surface area contributed by atoms with Crippen molar-refractivity contribution in [3.05, 3.63) is 23.8 Å². The molecule has 1 aromatic rings. The third-order valence-electron chi connectivity index (χ3n) is 3.63. The van der Waals surface area contributed by atoms with Crippen LogP contribution < -0.4 is 10.0 Å². The van der Waals surface area contributed by atoms with Crippen molar-refractivity contribution in [2.24, 2.45) is 0 Å². The van der Waals surface area contributed by atoms with Crippen LogP contribution in [0.4, 0.5) is 5.69 Å². The molecule has 1 aliphatic rings. The fourth-order valence-corrected chi connectivity index (χ4v) is 4.56. The molecule has 2 N–H and O–H groups in total. The van der Waals surface area contributed by atoms with Crippen LogP contribution in [-0.2, 0) is 16.4 Å². The molecule has 112 valence electrons. The van der Waals surface area contributed by atoms with Crippen molar-refractivity contribution in [1.82, 2.24) is 4.72 Å². The quantitative estimate of drug-likeness (QED) is 0.878. The molecule has 1 aliphatic heterocycles. The summed E-state index contributed by atoms with van der Waals surface area (Å²) in [5.41, 5.74) is 1.45. The normalized spacial score (nSPS) is 15.6. The maximum absolute atomic E-state index is 12.7. The van der Waals surface area contributed by atoms with E-state index < -0.39 is 15.6 Å². The number of hydrogen-bond donors (Lipinski definition) is 2. The number of rotatable bonds is 5. The fourth-order valence-electron chi connectivity index (χ4n) is 2.82. The molecule has 0 atom stereocenters. The summed E-state index contributed by atoms with van der Waals surface area (Å²) in [6, 6.07) is 5.46. The Kier molecular flexibility index (Phi) is 4.39. The van der Waals surface area contributed by atoms with Gasteiger partial charge in [-0.25, -0.2) is 13.1 Å². The van der Waals surface area contributed by atoms with Gasteiger partial charge in [0, 0.05) is 17.8 Å². The minimum absolute atomic E-state index is 0.418. The fraction of sp³-hybridized carbons (Fsp3) is 0.600. The van der Waals surface area contributed by atoms with E-state index in [1.54, 1.807) is 12.1 Å². The van der Waals surface area contributed by atoms with Crippen LogP contribution in [-0.4, -0.2) is 20.5 Å². The highest BCUT2D eigenvalue weighted by molar-refractivity contribution is 7.89. The van der Waals surface area contributed by atoms with Crippen molar-refractivity contribution in [2.75, 3.05) is 11.9 Å². The highest BCUT2D eigenvalue weighted by atomic mass is 32.2. The summed E-state index contributed by atoms with van der Waals surface area (Å²) in [6.45, 7) is 6.83. The van der Waals surface area contributed by atoms with Crippen molar-refractivity contribution < 1.29 is 8.42 Å². The zero-order chi connectivity index (χ0) is 14.8. The molecule has 0 aliphatic carbocycles. The van der Waals surface area contributed by atoms with Crippen LogP contribution in [0.5, 0.6) is 0 Å². The molecule has 0 amide bonds. The van der Waals surface area contributed by atoms with Crippen LogP contribution >= 0.6 is 0 Å². The Morgan fingerprint density at radius 3 is 2.80 bits per heavy atom. The van der Waals surface area contributed by atoms with Crippen molar-refractivity contribution in [1.29, 1.82) is 0 Å². The summed E-state index contributed by atoms with van der Waals surface area (Å²) in [4.78, 5) is 0.423. The molecule has 5 heteroatoms. The Hall–Kier alpha value is -1.07. The van der Waals surface area contributed by atoms with Crippen molar-refractivity contribution in [3.63, 3.8) is 0 Å². The number of fused-ring (bicyclic) bond motifs is 1. The summed E-state index contributed by atoms with van der Waals surface area (Å²) in [5, 5.41) is 3.27. The second kappa shape index (κ2) is 5.74. The van der Waals surface area contributed by atoms with Crippen molar-refractivity contribution >= 4 is 15.7 Å². The van der Waals surface area contributed by atoms with Gasteiger partial charge < -0.3 is 5.32 Å². The Morgan fingerprint density at radius 1 is 1.35 bits per heavy atom. The molecule has 0 fully saturated rings. The van der Waals surface area contributed by atoms with Gasteiger partial charge >= 0.3 is 0 Å². The molecule has 0 unspecified atom stereocenters. The first-order valence-corrected chi connectivity index (χ1v) is 8.74. The van der Waals surface area contributed by atoms with Crippen molar-refractivity contribution in [2.45, 2.75) is 56.9 Å². The molecule has 0 radical (unpaired) electrons. The molecular weight excluding hydrogens is 272 g/mol. The van der Waals surface area contributed by atoms with E-state index in [1.807, 2.05) is 19.9 Å². The van der Waals surface area contributed by atoms with Crippen LogP contribution in [0, 0.1) is 0 Å². The third-order valence-corrected chi connectivity index (χ3v) is 5.41. The molecule has 0 spiro atoms. The number of anilines is 1. The maximum atomic E-state index is 12.7. The number of nitrogens with one attached hydrogen (secondary N) is 2. The molecule has 0 saturated carbocycles. The van der Waals surface area contributed by atoms with E-state index in [-0.39, 0.29) is 0 Å². The number of sulfonamides is 1. The smallest absolute Gasteiger partial charge is 0.241 e. The van der Waals surface area contributed by atoms with Crippen LogP contribution in [0.2, 0.25) is 0 Å². The first-order valence-electron chi connectivity index (χ1n) is 7.25. The van der Waals surface area contributed by atoms with E-state index in [9.17, 15) is 8.42 Å². The van der Waals surface area contributed by atoms with Gasteiger partial charge in [0.05, 0.1) is 4.90 Å². The van der Waals surface area contributed by atoms with E-state index >= 15 is 0 Å². The highest BCUT2D eigenvalue weighted by Crippen LogP contribution is 2.29. The van der Waals surface area contributed by atoms with Gasteiger partial charge in [0.1, 0.15) is 0 Å². The van der Waals surface area contributed by atoms with E-state index in [0.29, 0.717) is 4.90 Å². The minimum atomic E-state index is -3.47. The third kappa shape index (κ3) is 3.33. The van der Waals surface area contributed by atoms with Gasteiger partial charge in [-0.1, -0.05) is 19.4 Å². The summed E-state index contributed by atoms with van der Waals surface area (Å²) in [5.74, 6) is 0. The molecule has 0 bridgehead atoms. The Morgan fingerprint density at radius 2 is 2.10 bits per heavy atom. The zero-order valence-electron chi connectivity index (χ0n) is 12.5. The first kappa shape index (κ1) is 15.3. The van der Waals surface area contributed by atoms with Gasteiger partial charge in [-0.3, -0.25) is 0 Å². The predicted octanol–water partition coefficient (Wildman–Crippen LogP) is 2.90. The van der Waals surface area contributed by atoms with Crippen LogP contribution in [0.25, 0.3) is 0 Å². The number of hydrogen-bond acceptors (Lipinski definition) is 3. The van der Waals surface area contributed by atoms with E-state index in [4.69, 9.17) is 0 Å².